The average Bonchev–Trinajstić information content (AvgIpc) is 3.17. The molecule has 108 valence electrons. The molecule has 4 rings (SSSR count). The minimum atomic E-state index is 0.710. The van der Waals surface area contributed by atoms with Crippen molar-refractivity contribution in [2.75, 3.05) is 25.0 Å². The van der Waals surface area contributed by atoms with Gasteiger partial charge in [0.15, 0.2) is 0 Å². The van der Waals surface area contributed by atoms with E-state index in [0.717, 1.165) is 13.1 Å². The molecule has 0 amide bonds. The van der Waals surface area contributed by atoms with Gasteiger partial charge in [0.25, 0.3) is 0 Å². The van der Waals surface area contributed by atoms with Crippen LogP contribution in [0.5, 0.6) is 0 Å². The Bertz CT molecular complexity index is 621. The maximum atomic E-state index is 3.44. The lowest BCUT2D eigenvalue weighted by Gasteiger charge is -2.17. The maximum Gasteiger partial charge on any atom is 0.0373 e. The third-order valence-electron chi connectivity index (χ3n) is 4.83. The largest absolute Gasteiger partial charge is 0.384 e. The topological polar surface area (TPSA) is 15.3 Å². The van der Waals surface area contributed by atoms with Gasteiger partial charge in [-0.15, -0.1) is 0 Å². The van der Waals surface area contributed by atoms with Crippen LogP contribution in [0.15, 0.2) is 48.5 Å². The number of nitrogens with zero attached hydrogens (tertiary/aromatic N) is 1. The highest BCUT2D eigenvalue weighted by molar-refractivity contribution is 5.56. The molecule has 2 nitrogen and oxygen atoms in total. The van der Waals surface area contributed by atoms with Crippen molar-refractivity contribution in [1.29, 1.82) is 0 Å². The molecule has 2 aromatic rings. The normalized spacial score (nSPS) is 21.2. The zero-order chi connectivity index (χ0) is 14.1. The maximum absolute atomic E-state index is 3.44. The van der Waals surface area contributed by atoms with Crippen LogP contribution in [0.2, 0.25) is 0 Å². The molecule has 0 radical (unpaired) electrons. The first-order valence-electron chi connectivity index (χ1n) is 8.01. The number of fused-ring (bicyclic) bond motifs is 1. The van der Waals surface area contributed by atoms with Gasteiger partial charge in [-0.05, 0) is 48.1 Å². The van der Waals surface area contributed by atoms with Crippen molar-refractivity contribution in [1.82, 2.24) is 4.90 Å². The highest BCUT2D eigenvalue weighted by Crippen LogP contribution is 2.29. The van der Waals surface area contributed by atoms with Crippen molar-refractivity contribution in [2.45, 2.75) is 25.3 Å². The standard InChI is InChI=1S/C19H22N2/c1-2-4-16(5-3-1)18-9-11-21(14-18)13-15-6-7-19-17(12-15)8-10-20-19/h1-7,12,18,20H,8-11,13-14H2. The Morgan fingerprint density at radius 1 is 1.10 bits per heavy atom. The van der Waals surface area contributed by atoms with Gasteiger partial charge in [-0.3, -0.25) is 4.90 Å². The zero-order valence-electron chi connectivity index (χ0n) is 12.4. The van der Waals surface area contributed by atoms with Crippen molar-refractivity contribution in [2.24, 2.45) is 0 Å². The van der Waals surface area contributed by atoms with Gasteiger partial charge in [-0.1, -0.05) is 42.5 Å². The van der Waals surface area contributed by atoms with E-state index < -0.39 is 0 Å². The molecular weight excluding hydrogens is 256 g/mol. The van der Waals surface area contributed by atoms with Gasteiger partial charge in [0.1, 0.15) is 0 Å². The second kappa shape index (κ2) is 5.53. The third kappa shape index (κ3) is 2.68. The summed E-state index contributed by atoms with van der Waals surface area (Å²) in [6.07, 6.45) is 2.46. The summed E-state index contributed by atoms with van der Waals surface area (Å²) in [6.45, 7) is 4.60. The van der Waals surface area contributed by atoms with E-state index >= 15 is 0 Å². The molecule has 0 bridgehead atoms. The Balaban J connectivity index is 1.42. The molecule has 1 fully saturated rings. The molecular formula is C19H22N2. The molecule has 2 aliphatic heterocycles. The summed E-state index contributed by atoms with van der Waals surface area (Å²) in [5.74, 6) is 0.710. The molecule has 2 heteroatoms. The lowest BCUT2D eigenvalue weighted by Crippen LogP contribution is -2.19. The van der Waals surface area contributed by atoms with Crippen LogP contribution in [-0.4, -0.2) is 24.5 Å². The molecule has 0 saturated carbocycles. The van der Waals surface area contributed by atoms with Crippen LogP contribution >= 0.6 is 0 Å². The van der Waals surface area contributed by atoms with E-state index in [2.05, 4.69) is 58.7 Å². The fraction of sp³-hybridized carbons (Fsp3) is 0.368. The quantitative estimate of drug-likeness (QED) is 0.922. The first-order valence-corrected chi connectivity index (χ1v) is 8.01. The molecule has 1 saturated heterocycles. The highest BCUT2D eigenvalue weighted by Gasteiger charge is 2.23. The SMILES string of the molecule is c1ccc(C2CCN(Cc3ccc4c(c3)CCN4)C2)cc1. The Labute approximate surface area is 126 Å². The number of anilines is 1. The molecule has 0 spiro atoms. The predicted octanol–water partition coefficient (Wildman–Crippen LogP) is 3.64. The minimum Gasteiger partial charge on any atom is -0.384 e. The molecule has 1 atom stereocenters. The van der Waals surface area contributed by atoms with E-state index in [1.165, 1.54) is 48.3 Å². The summed E-state index contributed by atoms with van der Waals surface area (Å²) in [6, 6.07) is 17.9. The second-order valence-electron chi connectivity index (χ2n) is 6.30. The van der Waals surface area contributed by atoms with Gasteiger partial charge in [0, 0.05) is 25.3 Å². The summed E-state index contributed by atoms with van der Waals surface area (Å²) in [7, 11) is 0. The molecule has 2 aliphatic rings. The van der Waals surface area contributed by atoms with E-state index in [1.54, 1.807) is 0 Å². The van der Waals surface area contributed by atoms with Gasteiger partial charge in [-0.25, -0.2) is 0 Å². The number of hydrogen-bond donors (Lipinski definition) is 1. The van der Waals surface area contributed by atoms with E-state index in [4.69, 9.17) is 0 Å². The summed E-state index contributed by atoms with van der Waals surface area (Å²) in [4.78, 5) is 2.60. The van der Waals surface area contributed by atoms with Crippen LogP contribution in [0.1, 0.15) is 29.0 Å². The van der Waals surface area contributed by atoms with Gasteiger partial charge >= 0.3 is 0 Å². The summed E-state index contributed by atoms with van der Waals surface area (Å²) in [5, 5.41) is 3.44. The fourth-order valence-corrected chi connectivity index (χ4v) is 3.69. The van der Waals surface area contributed by atoms with Crippen molar-refractivity contribution in [3.63, 3.8) is 0 Å². The van der Waals surface area contributed by atoms with Gasteiger partial charge in [-0.2, -0.15) is 0 Å². The van der Waals surface area contributed by atoms with Crippen LogP contribution < -0.4 is 5.32 Å². The molecule has 1 unspecified atom stereocenters. The summed E-state index contributed by atoms with van der Waals surface area (Å²) in [5.41, 5.74) is 5.79. The highest BCUT2D eigenvalue weighted by atomic mass is 15.1. The van der Waals surface area contributed by atoms with Crippen LogP contribution in [0, 0.1) is 0 Å². The van der Waals surface area contributed by atoms with E-state index in [0.29, 0.717) is 5.92 Å². The summed E-state index contributed by atoms with van der Waals surface area (Å²) < 4.78 is 0. The molecule has 1 N–H and O–H groups in total. The van der Waals surface area contributed by atoms with Gasteiger partial charge in [0.05, 0.1) is 0 Å². The average molecular weight is 278 g/mol. The Kier molecular flexibility index (Phi) is 3.40. The van der Waals surface area contributed by atoms with Gasteiger partial charge in [0.2, 0.25) is 0 Å². The lowest BCUT2D eigenvalue weighted by molar-refractivity contribution is 0.327. The van der Waals surface area contributed by atoms with Crippen molar-refractivity contribution < 1.29 is 0 Å². The number of benzene rings is 2. The predicted molar refractivity (Wildman–Crippen MR) is 87.7 cm³/mol. The molecule has 2 aromatic carbocycles. The molecule has 0 aliphatic carbocycles. The number of hydrogen-bond acceptors (Lipinski definition) is 2. The monoisotopic (exact) mass is 278 g/mol. The van der Waals surface area contributed by atoms with Gasteiger partial charge < -0.3 is 5.32 Å². The van der Waals surface area contributed by atoms with Crippen LogP contribution in [0.3, 0.4) is 0 Å². The van der Waals surface area contributed by atoms with E-state index in [1.807, 2.05) is 0 Å². The first-order chi connectivity index (χ1) is 10.4. The molecule has 0 aromatic heterocycles. The smallest absolute Gasteiger partial charge is 0.0373 e. The fourth-order valence-electron chi connectivity index (χ4n) is 3.69. The number of rotatable bonds is 3. The Morgan fingerprint density at radius 3 is 2.90 bits per heavy atom. The lowest BCUT2D eigenvalue weighted by atomic mass is 9.99. The Hall–Kier alpha value is -1.80. The zero-order valence-corrected chi connectivity index (χ0v) is 12.4. The van der Waals surface area contributed by atoms with Crippen molar-refractivity contribution in [3.8, 4) is 0 Å². The molecule has 2 heterocycles. The van der Waals surface area contributed by atoms with Crippen molar-refractivity contribution in [3.05, 3.63) is 65.2 Å². The molecule has 21 heavy (non-hydrogen) atoms. The van der Waals surface area contributed by atoms with Crippen LogP contribution in [-0.2, 0) is 13.0 Å². The first kappa shape index (κ1) is 12.9. The van der Waals surface area contributed by atoms with Crippen LogP contribution in [0.4, 0.5) is 5.69 Å². The van der Waals surface area contributed by atoms with Crippen LogP contribution in [0.25, 0.3) is 0 Å². The number of likely N-dealkylation sites (tertiary alicyclic amines) is 1. The van der Waals surface area contributed by atoms with E-state index in [-0.39, 0.29) is 0 Å². The second-order valence-corrected chi connectivity index (χ2v) is 6.30. The van der Waals surface area contributed by atoms with E-state index in [9.17, 15) is 0 Å². The van der Waals surface area contributed by atoms with Crippen molar-refractivity contribution >= 4 is 5.69 Å². The third-order valence-corrected chi connectivity index (χ3v) is 4.83. The minimum absolute atomic E-state index is 0.710. The Morgan fingerprint density at radius 2 is 2.00 bits per heavy atom. The summed E-state index contributed by atoms with van der Waals surface area (Å²) >= 11 is 0. The number of nitrogens with one attached hydrogen (secondary N) is 1.